The molecule has 1 aliphatic heterocycles. The second kappa shape index (κ2) is 5.55. The third kappa shape index (κ3) is 4.25. The second-order valence-electron chi connectivity index (χ2n) is 3.32. The summed E-state index contributed by atoms with van der Waals surface area (Å²) >= 11 is 0. The van der Waals surface area contributed by atoms with E-state index in [1.807, 2.05) is 0 Å². The van der Waals surface area contributed by atoms with Crippen molar-refractivity contribution in [1.29, 1.82) is 0 Å². The quantitative estimate of drug-likeness (QED) is 0.807. The van der Waals surface area contributed by atoms with Crippen LogP contribution in [0.5, 0.6) is 0 Å². The van der Waals surface area contributed by atoms with Crippen molar-refractivity contribution < 1.29 is 18.0 Å². The molecule has 0 atom stereocenters. The highest BCUT2D eigenvalue weighted by Gasteiger charge is 2.36. The van der Waals surface area contributed by atoms with Gasteiger partial charge < -0.3 is 10.2 Å². The smallest absolute Gasteiger partial charge is 0.334 e. The maximum atomic E-state index is 12.0. The standard InChI is InChI=1S/C8H13F3N2O.ClH/c1-2-13(5-8(9,10)11)7(14)6-3-12-4-6;/h6,12H,2-5H2,1H3;1H. The van der Waals surface area contributed by atoms with Crippen LogP contribution in [0.25, 0.3) is 0 Å². The number of carbonyl (C=O) groups excluding carboxylic acids is 1. The van der Waals surface area contributed by atoms with Gasteiger partial charge in [0.25, 0.3) is 0 Å². The molecular formula is C8H14ClF3N2O. The predicted molar refractivity (Wildman–Crippen MR) is 51.9 cm³/mol. The lowest BCUT2D eigenvalue weighted by Gasteiger charge is -2.32. The van der Waals surface area contributed by atoms with Gasteiger partial charge in [0.15, 0.2) is 0 Å². The third-order valence-corrected chi connectivity index (χ3v) is 2.19. The molecule has 15 heavy (non-hydrogen) atoms. The zero-order valence-electron chi connectivity index (χ0n) is 8.30. The van der Waals surface area contributed by atoms with Crippen LogP contribution in [0.4, 0.5) is 13.2 Å². The summed E-state index contributed by atoms with van der Waals surface area (Å²) in [5.41, 5.74) is 0. The number of nitrogens with one attached hydrogen (secondary N) is 1. The molecule has 1 aliphatic rings. The van der Waals surface area contributed by atoms with Crippen molar-refractivity contribution in [2.24, 2.45) is 5.92 Å². The molecular weight excluding hydrogens is 233 g/mol. The molecule has 0 aromatic rings. The lowest BCUT2D eigenvalue weighted by atomic mass is 10.0. The van der Waals surface area contributed by atoms with Crippen LogP contribution in [0, 0.1) is 5.92 Å². The Hall–Kier alpha value is -0.490. The van der Waals surface area contributed by atoms with Crippen LogP contribution in [0.2, 0.25) is 0 Å². The summed E-state index contributed by atoms with van der Waals surface area (Å²) in [7, 11) is 0. The molecule has 3 nitrogen and oxygen atoms in total. The molecule has 0 bridgehead atoms. The summed E-state index contributed by atoms with van der Waals surface area (Å²) in [6, 6.07) is 0. The first-order valence-corrected chi connectivity index (χ1v) is 4.50. The van der Waals surface area contributed by atoms with E-state index >= 15 is 0 Å². The van der Waals surface area contributed by atoms with Crippen molar-refractivity contribution in [2.45, 2.75) is 13.1 Å². The zero-order chi connectivity index (χ0) is 10.8. The summed E-state index contributed by atoms with van der Waals surface area (Å²) < 4.78 is 36.1. The molecule has 0 aromatic carbocycles. The Morgan fingerprint density at radius 2 is 2.00 bits per heavy atom. The van der Waals surface area contributed by atoms with Crippen LogP contribution in [0.3, 0.4) is 0 Å². The molecule has 1 N–H and O–H groups in total. The molecule has 1 heterocycles. The zero-order valence-corrected chi connectivity index (χ0v) is 9.12. The number of halogens is 4. The number of carbonyl (C=O) groups is 1. The highest BCUT2D eigenvalue weighted by atomic mass is 35.5. The van der Waals surface area contributed by atoms with Gasteiger partial charge in [0.2, 0.25) is 5.91 Å². The first kappa shape index (κ1) is 14.5. The van der Waals surface area contributed by atoms with E-state index in [-0.39, 0.29) is 24.9 Å². The van der Waals surface area contributed by atoms with Crippen LogP contribution < -0.4 is 5.32 Å². The van der Waals surface area contributed by atoms with E-state index in [0.29, 0.717) is 13.1 Å². The fourth-order valence-corrected chi connectivity index (χ4v) is 1.28. The van der Waals surface area contributed by atoms with Gasteiger partial charge in [-0.15, -0.1) is 12.4 Å². The first-order chi connectivity index (χ1) is 6.44. The Bertz CT molecular complexity index is 218. The minimum Gasteiger partial charge on any atom is -0.334 e. The lowest BCUT2D eigenvalue weighted by Crippen LogP contribution is -2.53. The van der Waals surface area contributed by atoms with Gasteiger partial charge in [-0.25, -0.2) is 0 Å². The number of hydrogen-bond acceptors (Lipinski definition) is 2. The molecule has 7 heteroatoms. The summed E-state index contributed by atoms with van der Waals surface area (Å²) in [6.07, 6.45) is -4.30. The van der Waals surface area contributed by atoms with Crippen LogP contribution in [-0.2, 0) is 4.79 Å². The highest BCUT2D eigenvalue weighted by molar-refractivity contribution is 5.85. The summed E-state index contributed by atoms with van der Waals surface area (Å²) in [4.78, 5) is 12.3. The van der Waals surface area contributed by atoms with Crippen molar-refractivity contribution in [3.05, 3.63) is 0 Å². The van der Waals surface area contributed by atoms with E-state index in [1.54, 1.807) is 6.92 Å². The van der Waals surface area contributed by atoms with Crippen LogP contribution in [0.1, 0.15) is 6.92 Å². The Balaban J connectivity index is 0.00000196. The van der Waals surface area contributed by atoms with Crippen molar-refractivity contribution in [3.63, 3.8) is 0 Å². The lowest BCUT2D eigenvalue weighted by molar-refractivity contribution is -0.164. The van der Waals surface area contributed by atoms with Gasteiger partial charge in [-0.1, -0.05) is 0 Å². The van der Waals surface area contributed by atoms with Gasteiger partial charge >= 0.3 is 6.18 Å². The topological polar surface area (TPSA) is 32.3 Å². The van der Waals surface area contributed by atoms with Crippen molar-refractivity contribution in [1.82, 2.24) is 10.2 Å². The first-order valence-electron chi connectivity index (χ1n) is 4.50. The minimum atomic E-state index is -4.30. The molecule has 0 spiro atoms. The third-order valence-electron chi connectivity index (χ3n) is 2.19. The molecule has 0 saturated carbocycles. The summed E-state index contributed by atoms with van der Waals surface area (Å²) in [6.45, 7) is 1.50. The van der Waals surface area contributed by atoms with E-state index < -0.39 is 18.6 Å². The molecule has 1 rings (SSSR count). The van der Waals surface area contributed by atoms with Crippen molar-refractivity contribution in [3.8, 4) is 0 Å². The van der Waals surface area contributed by atoms with Crippen LogP contribution in [0.15, 0.2) is 0 Å². The maximum absolute atomic E-state index is 12.0. The Kier molecular flexibility index (Phi) is 5.37. The molecule has 1 amide bonds. The molecule has 0 unspecified atom stereocenters. The van der Waals surface area contributed by atoms with E-state index in [0.717, 1.165) is 4.90 Å². The average Bonchev–Trinajstić information content (AvgIpc) is 1.94. The normalized spacial score (nSPS) is 16.5. The molecule has 0 aromatic heterocycles. The molecule has 90 valence electrons. The molecule has 0 radical (unpaired) electrons. The number of amides is 1. The van der Waals surface area contributed by atoms with Crippen LogP contribution in [-0.4, -0.2) is 43.2 Å². The summed E-state index contributed by atoms with van der Waals surface area (Å²) in [5, 5.41) is 2.86. The van der Waals surface area contributed by atoms with Gasteiger partial charge in [-0.2, -0.15) is 13.2 Å². The fourth-order valence-electron chi connectivity index (χ4n) is 1.28. The van der Waals surface area contributed by atoms with Gasteiger partial charge in [0.1, 0.15) is 6.54 Å². The monoisotopic (exact) mass is 246 g/mol. The SMILES string of the molecule is CCN(CC(F)(F)F)C(=O)C1CNC1.Cl. The molecule has 1 saturated heterocycles. The number of alkyl halides is 3. The van der Waals surface area contributed by atoms with Gasteiger partial charge in [-0.3, -0.25) is 4.79 Å². The molecule has 1 fully saturated rings. The Labute approximate surface area is 92.4 Å². The average molecular weight is 247 g/mol. The molecule has 0 aliphatic carbocycles. The number of rotatable bonds is 3. The maximum Gasteiger partial charge on any atom is 0.406 e. The van der Waals surface area contributed by atoms with Gasteiger partial charge in [0.05, 0.1) is 5.92 Å². The minimum absolute atomic E-state index is 0. The van der Waals surface area contributed by atoms with E-state index in [9.17, 15) is 18.0 Å². The highest BCUT2D eigenvalue weighted by Crippen LogP contribution is 2.18. The number of nitrogens with zero attached hydrogens (tertiary/aromatic N) is 1. The van der Waals surface area contributed by atoms with Crippen molar-refractivity contribution in [2.75, 3.05) is 26.2 Å². The van der Waals surface area contributed by atoms with E-state index in [4.69, 9.17) is 0 Å². The fraction of sp³-hybridized carbons (Fsp3) is 0.875. The van der Waals surface area contributed by atoms with Crippen molar-refractivity contribution >= 4 is 18.3 Å². The predicted octanol–water partition coefficient (Wildman–Crippen LogP) is 1.04. The van der Waals surface area contributed by atoms with Crippen LogP contribution >= 0.6 is 12.4 Å². The largest absolute Gasteiger partial charge is 0.406 e. The second-order valence-corrected chi connectivity index (χ2v) is 3.32. The van der Waals surface area contributed by atoms with E-state index in [1.165, 1.54) is 0 Å². The summed E-state index contributed by atoms with van der Waals surface area (Å²) in [5.74, 6) is -0.666. The Morgan fingerprint density at radius 3 is 2.27 bits per heavy atom. The van der Waals surface area contributed by atoms with E-state index in [2.05, 4.69) is 5.32 Å². The van der Waals surface area contributed by atoms with Gasteiger partial charge in [0, 0.05) is 19.6 Å². The van der Waals surface area contributed by atoms with Gasteiger partial charge in [-0.05, 0) is 6.92 Å². The number of hydrogen-bond donors (Lipinski definition) is 1. The Morgan fingerprint density at radius 1 is 1.47 bits per heavy atom.